The van der Waals surface area contributed by atoms with Crippen LogP contribution in [0.3, 0.4) is 0 Å². The van der Waals surface area contributed by atoms with Gasteiger partial charge in [-0.15, -0.1) is 11.3 Å². The maximum Gasteiger partial charge on any atom is 0.136 e. The molecule has 4 heteroatoms. The summed E-state index contributed by atoms with van der Waals surface area (Å²) in [5.41, 5.74) is 10.9. The lowest BCUT2D eigenvalue weighted by Gasteiger charge is -2.28. The molecule has 3 heterocycles. The van der Waals surface area contributed by atoms with Crippen molar-refractivity contribution in [1.82, 2.24) is 4.98 Å². The number of para-hydroxylation sites is 1. The van der Waals surface area contributed by atoms with Crippen molar-refractivity contribution in [3.63, 3.8) is 0 Å². The maximum absolute atomic E-state index is 6.74. The van der Waals surface area contributed by atoms with Gasteiger partial charge in [-0.2, -0.15) is 0 Å². The SMILES string of the molecule is CC(C)(C)c1ccc(-c2ccccc2N(c2ccc3oc4cc5c6ccccc6c6ccccc6c5cc4c3c2)c2cccc3c2sc2c(-c4ccccn4)cccc23)cc1. The smallest absolute Gasteiger partial charge is 0.136 e. The highest BCUT2D eigenvalue weighted by Crippen LogP contribution is 2.50. The van der Waals surface area contributed by atoms with E-state index in [-0.39, 0.29) is 5.41 Å². The molecule has 0 spiro atoms. The number of aromatic nitrogens is 1. The minimum atomic E-state index is 0.0581. The number of furan rings is 1. The Labute approximate surface area is 357 Å². The Hall–Kier alpha value is -7.27. The summed E-state index contributed by atoms with van der Waals surface area (Å²) in [5.74, 6) is 0. The first-order valence-corrected chi connectivity index (χ1v) is 21.8. The van der Waals surface area contributed by atoms with Gasteiger partial charge in [-0.3, -0.25) is 4.98 Å². The van der Waals surface area contributed by atoms with Crippen molar-refractivity contribution >= 4 is 103 Å². The molecule has 0 radical (unpaired) electrons. The summed E-state index contributed by atoms with van der Waals surface area (Å²) in [6.45, 7) is 6.81. The molecule has 0 atom stereocenters. The zero-order chi connectivity index (χ0) is 40.8. The summed E-state index contributed by atoms with van der Waals surface area (Å²) in [5, 5.41) is 12.1. The van der Waals surface area contributed by atoms with Gasteiger partial charge in [0.2, 0.25) is 0 Å². The van der Waals surface area contributed by atoms with Crippen LogP contribution < -0.4 is 4.90 Å². The molecule has 3 nitrogen and oxygen atoms in total. The van der Waals surface area contributed by atoms with Crippen LogP contribution in [-0.2, 0) is 5.41 Å². The molecule has 0 fully saturated rings. The van der Waals surface area contributed by atoms with Crippen LogP contribution in [0.4, 0.5) is 17.1 Å². The van der Waals surface area contributed by atoms with Crippen LogP contribution in [0, 0.1) is 0 Å². The van der Waals surface area contributed by atoms with E-state index in [0.29, 0.717) is 0 Å². The molecule has 61 heavy (non-hydrogen) atoms. The van der Waals surface area contributed by atoms with Crippen LogP contribution in [0.2, 0.25) is 0 Å². The molecule has 290 valence electrons. The molecule has 0 aliphatic carbocycles. The molecule has 0 bridgehead atoms. The minimum Gasteiger partial charge on any atom is -0.456 e. The molecule has 0 saturated carbocycles. The van der Waals surface area contributed by atoms with Crippen molar-refractivity contribution in [1.29, 1.82) is 0 Å². The summed E-state index contributed by atoms with van der Waals surface area (Å²) in [6.07, 6.45) is 1.88. The fourth-order valence-electron chi connectivity index (χ4n) is 9.48. The van der Waals surface area contributed by atoms with E-state index in [0.717, 1.165) is 55.8 Å². The monoisotopic (exact) mass is 800 g/mol. The first-order valence-electron chi connectivity index (χ1n) is 20.9. The zero-order valence-corrected chi connectivity index (χ0v) is 34.9. The lowest BCUT2D eigenvalue weighted by molar-refractivity contribution is 0.590. The van der Waals surface area contributed by atoms with E-state index in [2.05, 4.69) is 202 Å². The lowest BCUT2D eigenvalue weighted by Crippen LogP contribution is -2.12. The Morgan fingerprint density at radius 1 is 0.443 bits per heavy atom. The van der Waals surface area contributed by atoms with E-state index in [9.17, 15) is 0 Å². The largest absolute Gasteiger partial charge is 0.456 e. The molecule has 12 aromatic rings. The average molecular weight is 801 g/mol. The minimum absolute atomic E-state index is 0.0581. The van der Waals surface area contributed by atoms with Crippen LogP contribution in [0.25, 0.3) is 96.8 Å². The highest BCUT2D eigenvalue weighted by atomic mass is 32.1. The van der Waals surface area contributed by atoms with E-state index in [1.807, 2.05) is 23.6 Å². The van der Waals surface area contributed by atoms with Gasteiger partial charge in [-0.1, -0.05) is 148 Å². The molecule has 12 rings (SSSR count). The summed E-state index contributed by atoms with van der Waals surface area (Å²) < 4.78 is 9.20. The van der Waals surface area contributed by atoms with Gasteiger partial charge in [0.25, 0.3) is 0 Å². The highest BCUT2D eigenvalue weighted by molar-refractivity contribution is 7.27. The molecule has 0 unspecified atom stereocenters. The van der Waals surface area contributed by atoms with Gasteiger partial charge in [-0.25, -0.2) is 0 Å². The summed E-state index contributed by atoms with van der Waals surface area (Å²) in [4.78, 5) is 7.24. The number of anilines is 3. The van der Waals surface area contributed by atoms with E-state index >= 15 is 0 Å². The number of hydrogen-bond donors (Lipinski definition) is 0. The van der Waals surface area contributed by atoms with Gasteiger partial charge in [0, 0.05) is 49.3 Å². The van der Waals surface area contributed by atoms with Crippen LogP contribution in [0.15, 0.2) is 193 Å². The Morgan fingerprint density at radius 3 is 1.75 bits per heavy atom. The van der Waals surface area contributed by atoms with Crippen molar-refractivity contribution in [2.75, 3.05) is 4.90 Å². The number of hydrogen-bond acceptors (Lipinski definition) is 4. The number of thiophene rings is 1. The Bertz CT molecular complexity index is 3690. The van der Waals surface area contributed by atoms with Crippen LogP contribution in [-0.4, -0.2) is 4.98 Å². The molecule has 0 amide bonds. The number of nitrogens with zero attached hydrogens (tertiary/aromatic N) is 2. The average Bonchev–Trinajstić information content (AvgIpc) is 3.87. The third-order valence-electron chi connectivity index (χ3n) is 12.5. The summed E-state index contributed by atoms with van der Waals surface area (Å²) >= 11 is 1.84. The second kappa shape index (κ2) is 13.6. The fourth-order valence-corrected chi connectivity index (χ4v) is 10.8. The summed E-state index contributed by atoms with van der Waals surface area (Å²) in [7, 11) is 0. The molecule has 0 aliphatic rings. The van der Waals surface area contributed by atoms with Crippen molar-refractivity contribution in [3.8, 4) is 22.4 Å². The maximum atomic E-state index is 6.74. The highest BCUT2D eigenvalue weighted by Gasteiger charge is 2.24. The lowest BCUT2D eigenvalue weighted by atomic mass is 9.86. The van der Waals surface area contributed by atoms with Crippen molar-refractivity contribution in [2.24, 2.45) is 0 Å². The normalized spacial score (nSPS) is 12.2. The third-order valence-corrected chi connectivity index (χ3v) is 13.7. The van der Waals surface area contributed by atoms with Crippen molar-refractivity contribution < 1.29 is 4.42 Å². The Kier molecular flexibility index (Phi) is 7.97. The van der Waals surface area contributed by atoms with Crippen molar-refractivity contribution in [2.45, 2.75) is 26.2 Å². The van der Waals surface area contributed by atoms with E-state index in [1.54, 1.807) is 0 Å². The van der Waals surface area contributed by atoms with E-state index in [1.165, 1.54) is 63.6 Å². The first-order chi connectivity index (χ1) is 29.9. The fraction of sp³-hybridized carbons (Fsp3) is 0.0702. The van der Waals surface area contributed by atoms with Crippen LogP contribution in [0.1, 0.15) is 26.3 Å². The quantitative estimate of drug-likeness (QED) is 0.162. The molecule has 3 aromatic heterocycles. The van der Waals surface area contributed by atoms with Gasteiger partial charge in [-0.05, 0) is 103 Å². The Morgan fingerprint density at radius 2 is 1.03 bits per heavy atom. The predicted octanol–water partition coefficient (Wildman–Crippen LogP) is 16.9. The summed E-state index contributed by atoms with van der Waals surface area (Å²) in [6, 6.07) is 66.3. The van der Waals surface area contributed by atoms with Gasteiger partial charge < -0.3 is 9.32 Å². The number of rotatable bonds is 5. The van der Waals surface area contributed by atoms with Gasteiger partial charge in [0.1, 0.15) is 11.2 Å². The van der Waals surface area contributed by atoms with Gasteiger partial charge >= 0.3 is 0 Å². The molecular formula is C57H40N2OS. The molecule has 0 N–H and O–H groups in total. The van der Waals surface area contributed by atoms with Crippen LogP contribution in [0.5, 0.6) is 0 Å². The third kappa shape index (κ3) is 5.67. The number of benzene rings is 9. The van der Waals surface area contributed by atoms with Gasteiger partial charge in [0.15, 0.2) is 0 Å². The zero-order valence-electron chi connectivity index (χ0n) is 34.1. The second-order valence-electron chi connectivity index (χ2n) is 17.1. The van der Waals surface area contributed by atoms with E-state index in [4.69, 9.17) is 9.40 Å². The van der Waals surface area contributed by atoms with Crippen LogP contribution >= 0.6 is 11.3 Å². The Balaban J connectivity index is 1.13. The predicted molar refractivity (Wildman–Crippen MR) is 261 cm³/mol. The number of pyridine rings is 1. The van der Waals surface area contributed by atoms with Gasteiger partial charge in [0.05, 0.1) is 21.8 Å². The van der Waals surface area contributed by atoms with Crippen molar-refractivity contribution in [3.05, 3.63) is 194 Å². The topological polar surface area (TPSA) is 29.3 Å². The molecular weight excluding hydrogens is 761 g/mol. The molecule has 0 aliphatic heterocycles. The molecule has 0 saturated heterocycles. The second-order valence-corrected chi connectivity index (χ2v) is 18.1. The number of fused-ring (bicyclic) bond motifs is 12. The van der Waals surface area contributed by atoms with E-state index < -0.39 is 0 Å². The molecule has 9 aromatic carbocycles. The first kappa shape index (κ1) is 35.7. The standard InChI is InChI=1S/C57H40N2OS/c1-57(2,3)36-27-25-35(26-28-36)38-14-8-9-23-51(38)59(52-24-13-20-44-43-19-12-21-45(55(43)61-56(44)52)50-22-10-11-31-58-50)37-29-30-53-48(32-37)49-33-46-41-17-6-4-15-39(41)40-16-5-7-18-42(40)47(46)34-54(49)60-53/h4-34H,1-3H3.